The summed E-state index contributed by atoms with van der Waals surface area (Å²) in [4.78, 5) is 3.06. The quantitative estimate of drug-likeness (QED) is 0.299. The second-order valence-corrected chi connectivity index (χ2v) is 13.9. The first kappa shape index (κ1) is 21.3. The summed E-state index contributed by atoms with van der Waals surface area (Å²) in [7, 11) is -2.11. The van der Waals surface area contributed by atoms with E-state index < -0.39 is 26.9 Å². The predicted molar refractivity (Wildman–Crippen MR) is 109 cm³/mol. The molecule has 1 aromatic carbocycles. The van der Waals surface area contributed by atoms with Crippen LogP contribution < -0.4 is 0 Å². The number of benzene rings is 1. The van der Waals surface area contributed by atoms with Gasteiger partial charge < -0.3 is 18.6 Å². The molecule has 0 spiro atoms. The van der Waals surface area contributed by atoms with Crippen LogP contribution in [-0.4, -0.2) is 39.5 Å². The fourth-order valence-electron chi connectivity index (χ4n) is 3.39. The van der Waals surface area contributed by atoms with E-state index >= 15 is 0 Å². The zero-order chi connectivity index (χ0) is 20.5. The van der Waals surface area contributed by atoms with Gasteiger partial charge in [-0.3, -0.25) is 0 Å². The second-order valence-electron chi connectivity index (χ2n) is 9.15. The Labute approximate surface area is 168 Å². The van der Waals surface area contributed by atoms with Crippen LogP contribution in [0.4, 0.5) is 0 Å². The van der Waals surface area contributed by atoms with Crippen LogP contribution in [0.1, 0.15) is 39.5 Å². The molecule has 3 rings (SSSR count). The van der Waals surface area contributed by atoms with Crippen LogP contribution >= 0.6 is 0 Å². The summed E-state index contributed by atoms with van der Waals surface area (Å²) in [6.45, 7) is 13.3. The fourth-order valence-corrected chi connectivity index (χ4v) is 4.52. The maximum Gasteiger partial charge on any atom is 0.195 e. The Bertz CT molecular complexity index is 718. The van der Waals surface area contributed by atoms with Crippen molar-refractivity contribution >= 4 is 8.32 Å². The first-order valence-electron chi connectivity index (χ1n) is 9.83. The zero-order valence-corrected chi connectivity index (χ0v) is 18.5. The number of hydrogen-bond donors (Lipinski definition) is 0. The molecule has 0 bridgehead atoms. The molecule has 154 valence electrons. The molecular formula is C20H31N3O4Si. The van der Waals surface area contributed by atoms with E-state index in [-0.39, 0.29) is 23.2 Å². The summed E-state index contributed by atoms with van der Waals surface area (Å²) in [6.07, 6.45) is -1.52. The normalized spacial score (nSPS) is 33.6. The third-order valence-corrected chi connectivity index (χ3v) is 10.6. The molecular weight excluding hydrogens is 374 g/mol. The van der Waals surface area contributed by atoms with Crippen molar-refractivity contribution < 1.29 is 18.6 Å². The van der Waals surface area contributed by atoms with Crippen molar-refractivity contribution in [2.24, 2.45) is 11.0 Å². The number of nitrogens with zero attached hydrogens (tertiary/aromatic N) is 3. The molecule has 7 nitrogen and oxygen atoms in total. The van der Waals surface area contributed by atoms with E-state index in [1.165, 1.54) is 0 Å². The van der Waals surface area contributed by atoms with Crippen molar-refractivity contribution in [3.63, 3.8) is 0 Å². The lowest BCUT2D eigenvalue weighted by atomic mass is 9.88. The minimum Gasteiger partial charge on any atom is -0.392 e. The van der Waals surface area contributed by atoms with Crippen LogP contribution in [0.25, 0.3) is 10.4 Å². The predicted octanol–water partition coefficient (Wildman–Crippen LogP) is 5.16. The summed E-state index contributed by atoms with van der Waals surface area (Å²) >= 11 is 0. The van der Waals surface area contributed by atoms with Gasteiger partial charge in [-0.2, -0.15) is 0 Å². The molecule has 0 amide bonds. The molecule has 0 aromatic heterocycles. The summed E-state index contributed by atoms with van der Waals surface area (Å²) in [5.41, 5.74) is 10.1. The molecule has 28 heavy (non-hydrogen) atoms. The number of rotatable bonds is 4. The molecule has 1 aromatic rings. The van der Waals surface area contributed by atoms with Crippen molar-refractivity contribution in [3.05, 3.63) is 46.3 Å². The molecule has 0 aliphatic carbocycles. The highest BCUT2D eigenvalue weighted by Gasteiger charge is 2.50. The molecule has 2 fully saturated rings. The average Bonchev–Trinajstić information content (AvgIpc) is 2.64. The minimum atomic E-state index is -2.11. The van der Waals surface area contributed by atoms with E-state index in [1.54, 1.807) is 0 Å². The molecule has 2 aliphatic rings. The number of fused-ring (bicyclic) bond motifs is 1. The third kappa shape index (κ3) is 4.27. The fraction of sp³-hybridized carbons (Fsp3) is 0.700. The lowest BCUT2D eigenvalue weighted by Crippen LogP contribution is -2.60. The summed E-state index contributed by atoms with van der Waals surface area (Å²) in [6, 6.07) is 9.39. The molecule has 2 aliphatic heterocycles. The monoisotopic (exact) mass is 405 g/mol. The Morgan fingerprint density at radius 3 is 2.46 bits per heavy atom. The van der Waals surface area contributed by atoms with Gasteiger partial charge in [0.2, 0.25) is 0 Å². The van der Waals surface area contributed by atoms with Gasteiger partial charge in [0.1, 0.15) is 6.10 Å². The lowest BCUT2D eigenvalue weighted by Gasteiger charge is -2.50. The van der Waals surface area contributed by atoms with Gasteiger partial charge in [0.25, 0.3) is 0 Å². The third-order valence-electron chi connectivity index (χ3n) is 6.18. The highest BCUT2D eigenvalue weighted by molar-refractivity contribution is 6.74. The van der Waals surface area contributed by atoms with E-state index in [4.69, 9.17) is 24.2 Å². The van der Waals surface area contributed by atoms with Gasteiger partial charge in [0, 0.05) is 10.5 Å². The van der Waals surface area contributed by atoms with Gasteiger partial charge >= 0.3 is 0 Å². The minimum absolute atomic E-state index is 0.0231. The van der Waals surface area contributed by atoms with Crippen LogP contribution in [0.5, 0.6) is 0 Å². The van der Waals surface area contributed by atoms with Crippen LogP contribution in [-0.2, 0) is 18.6 Å². The molecule has 0 radical (unpaired) electrons. The van der Waals surface area contributed by atoms with Gasteiger partial charge in [0.15, 0.2) is 20.9 Å². The van der Waals surface area contributed by atoms with Gasteiger partial charge in [-0.25, -0.2) is 0 Å². The van der Waals surface area contributed by atoms with Gasteiger partial charge in [-0.05, 0) is 29.6 Å². The molecule has 8 heteroatoms. The number of azide groups is 1. The first-order chi connectivity index (χ1) is 13.1. The number of hydrogen-bond acceptors (Lipinski definition) is 5. The maximum absolute atomic E-state index is 9.13. The summed E-state index contributed by atoms with van der Waals surface area (Å²) in [5.74, 6) is -0.0560. The Balaban J connectivity index is 1.80. The van der Waals surface area contributed by atoms with Crippen molar-refractivity contribution in [2.45, 2.75) is 76.7 Å². The van der Waals surface area contributed by atoms with Crippen LogP contribution in [0.3, 0.4) is 0 Å². The zero-order valence-electron chi connectivity index (χ0n) is 17.5. The maximum atomic E-state index is 9.13. The van der Waals surface area contributed by atoms with Crippen LogP contribution in [0.15, 0.2) is 35.4 Å². The van der Waals surface area contributed by atoms with E-state index in [9.17, 15) is 0 Å². The first-order valence-corrected chi connectivity index (χ1v) is 12.7. The highest BCUT2D eigenvalue weighted by atomic mass is 28.4. The van der Waals surface area contributed by atoms with Crippen molar-refractivity contribution in [2.75, 3.05) is 6.61 Å². The van der Waals surface area contributed by atoms with E-state index in [0.717, 1.165) is 5.56 Å². The van der Waals surface area contributed by atoms with E-state index in [0.29, 0.717) is 6.61 Å². The molecule has 2 heterocycles. The van der Waals surface area contributed by atoms with Gasteiger partial charge in [0.05, 0.1) is 18.8 Å². The van der Waals surface area contributed by atoms with E-state index in [2.05, 4.69) is 43.9 Å². The highest BCUT2D eigenvalue weighted by Crippen LogP contribution is 2.42. The standard InChI is InChI=1S/C20H31N3O4Si/c1-13-16(22-23-21)19(27-28(5,6)20(2,3)4)25-15-12-24-18(26-17(13)15)14-10-8-7-9-11-14/h7-11,13,15-19H,12H2,1-6H3/t13-,15?,16?,17+,18?,19+/m1/s1. The van der Waals surface area contributed by atoms with Crippen LogP contribution in [0, 0.1) is 5.92 Å². The van der Waals surface area contributed by atoms with E-state index in [1.807, 2.05) is 37.3 Å². The lowest BCUT2D eigenvalue weighted by molar-refractivity contribution is -0.323. The molecule has 2 saturated heterocycles. The molecule has 6 atom stereocenters. The Morgan fingerprint density at radius 2 is 1.86 bits per heavy atom. The van der Waals surface area contributed by atoms with Crippen molar-refractivity contribution in [1.82, 2.24) is 0 Å². The molecule has 3 unspecified atom stereocenters. The van der Waals surface area contributed by atoms with Gasteiger partial charge in [-0.15, -0.1) is 0 Å². The van der Waals surface area contributed by atoms with Crippen molar-refractivity contribution in [3.8, 4) is 0 Å². The Morgan fingerprint density at radius 1 is 1.18 bits per heavy atom. The molecule has 0 N–H and O–H groups in total. The topological polar surface area (TPSA) is 85.7 Å². The molecule has 0 saturated carbocycles. The van der Waals surface area contributed by atoms with Crippen molar-refractivity contribution in [1.29, 1.82) is 0 Å². The summed E-state index contributed by atoms with van der Waals surface area (Å²) < 4.78 is 24.9. The average molecular weight is 406 g/mol. The summed E-state index contributed by atoms with van der Waals surface area (Å²) in [5, 5.41) is 4.06. The van der Waals surface area contributed by atoms with Crippen LogP contribution in [0.2, 0.25) is 18.1 Å². The Hall–Kier alpha value is -1.41. The largest absolute Gasteiger partial charge is 0.392 e. The second kappa shape index (κ2) is 8.14. The number of ether oxygens (including phenoxy) is 3. The van der Waals surface area contributed by atoms with Gasteiger partial charge in [-0.1, -0.05) is 63.1 Å². The smallest absolute Gasteiger partial charge is 0.195 e. The SMILES string of the molecule is C[C@@H]1C(N=[N+]=[N-])[C@H](O[Si](C)(C)C(C)(C)C)OC2COC(c3ccccc3)O[C@H]21. The Kier molecular flexibility index (Phi) is 6.19.